The van der Waals surface area contributed by atoms with Crippen molar-refractivity contribution >= 4 is 17.8 Å². The number of nitrogens with zero attached hydrogens (tertiary/aromatic N) is 1. The molecule has 0 aliphatic carbocycles. The molecule has 2 aromatic carbocycles. The van der Waals surface area contributed by atoms with Crippen molar-refractivity contribution in [3.8, 4) is 11.5 Å². The molecule has 1 heterocycles. The van der Waals surface area contributed by atoms with E-state index in [-0.39, 0.29) is 29.7 Å². The van der Waals surface area contributed by atoms with Gasteiger partial charge in [-0.2, -0.15) is 0 Å². The molecule has 1 aliphatic heterocycles. The van der Waals surface area contributed by atoms with Crippen LogP contribution in [0.15, 0.2) is 65.9 Å². The molecule has 33 heavy (non-hydrogen) atoms. The van der Waals surface area contributed by atoms with Gasteiger partial charge in [0.25, 0.3) is 5.91 Å². The van der Waals surface area contributed by atoms with E-state index in [4.69, 9.17) is 9.47 Å². The van der Waals surface area contributed by atoms with Crippen LogP contribution in [0.4, 0.5) is 0 Å². The van der Waals surface area contributed by atoms with E-state index < -0.39 is 23.5 Å². The molecule has 1 aliphatic rings. The van der Waals surface area contributed by atoms with Gasteiger partial charge >= 0.3 is 0 Å². The highest BCUT2D eigenvalue weighted by Crippen LogP contribution is 2.40. The minimum Gasteiger partial charge on any atom is -0.504 e. The number of ether oxygens (including phenoxy) is 2. The SMILES string of the molecule is COc1cc([C@H]2C(C(=O)/C=C/c3ccccc3)=C(O)C(=O)N2CCCOC(C)C)ccc1O. The molecule has 0 aromatic heterocycles. The Morgan fingerprint density at radius 2 is 1.88 bits per heavy atom. The molecule has 0 unspecified atom stereocenters. The summed E-state index contributed by atoms with van der Waals surface area (Å²) in [5, 5.41) is 20.7. The number of hydrogen-bond donors (Lipinski definition) is 2. The van der Waals surface area contributed by atoms with E-state index >= 15 is 0 Å². The number of aliphatic hydroxyl groups excluding tert-OH is 1. The Morgan fingerprint density at radius 1 is 1.15 bits per heavy atom. The molecule has 3 rings (SSSR count). The van der Waals surface area contributed by atoms with Crippen LogP contribution >= 0.6 is 0 Å². The van der Waals surface area contributed by atoms with Gasteiger partial charge in [-0.3, -0.25) is 9.59 Å². The van der Waals surface area contributed by atoms with Crippen molar-refractivity contribution < 1.29 is 29.3 Å². The molecule has 1 atom stereocenters. The van der Waals surface area contributed by atoms with Gasteiger partial charge in [-0.15, -0.1) is 0 Å². The highest BCUT2D eigenvalue weighted by atomic mass is 16.5. The Balaban J connectivity index is 1.95. The van der Waals surface area contributed by atoms with Gasteiger partial charge in [0.15, 0.2) is 23.0 Å². The van der Waals surface area contributed by atoms with E-state index in [1.807, 2.05) is 44.2 Å². The molecular formula is C26H29NO6. The number of allylic oxidation sites excluding steroid dienone is 1. The molecule has 174 valence electrons. The molecule has 0 spiro atoms. The number of hydrogen-bond acceptors (Lipinski definition) is 6. The molecule has 0 saturated heterocycles. The number of benzene rings is 2. The number of phenolic OH excluding ortho intramolecular Hbond substituents is 1. The van der Waals surface area contributed by atoms with Gasteiger partial charge in [0.2, 0.25) is 0 Å². The van der Waals surface area contributed by atoms with Gasteiger partial charge in [-0.1, -0.05) is 42.5 Å². The summed E-state index contributed by atoms with van der Waals surface area (Å²) in [5.41, 5.74) is 1.36. The predicted molar refractivity (Wildman–Crippen MR) is 125 cm³/mol. The third kappa shape index (κ3) is 5.62. The number of aliphatic hydroxyl groups is 1. The number of carbonyl (C=O) groups is 2. The molecule has 7 nitrogen and oxygen atoms in total. The van der Waals surface area contributed by atoms with Gasteiger partial charge in [-0.05, 0) is 49.6 Å². The number of amides is 1. The van der Waals surface area contributed by atoms with E-state index in [0.29, 0.717) is 18.6 Å². The second-order valence-corrected chi connectivity index (χ2v) is 7.98. The topological polar surface area (TPSA) is 96.3 Å². The number of aromatic hydroxyl groups is 1. The normalized spacial score (nSPS) is 16.3. The fourth-order valence-corrected chi connectivity index (χ4v) is 3.73. The Morgan fingerprint density at radius 3 is 2.55 bits per heavy atom. The van der Waals surface area contributed by atoms with Crippen molar-refractivity contribution in [3.63, 3.8) is 0 Å². The largest absolute Gasteiger partial charge is 0.504 e. The molecule has 2 N–H and O–H groups in total. The van der Waals surface area contributed by atoms with Gasteiger partial charge in [0, 0.05) is 13.2 Å². The van der Waals surface area contributed by atoms with Crippen LogP contribution in [0.2, 0.25) is 0 Å². The Labute approximate surface area is 193 Å². The number of ketones is 1. The van der Waals surface area contributed by atoms with Crippen LogP contribution in [-0.2, 0) is 14.3 Å². The Hall–Kier alpha value is -3.58. The first-order valence-corrected chi connectivity index (χ1v) is 10.8. The molecule has 7 heteroatoms. The monoisotopic (exact) mass is 451 g/mol. The predicted octanol–water partition coefficient (Wildman–Crippen LogP) is 4.19. The summed E-state index contributed by atoms with van der Waals surface area (Å²) in [6.45, 7) is 4.57. The molecule has 0 radical (unpaired) electrons. The van der Waals surface area contributed by atoms with Gasteiger partial charge < -0.3 is 24.6 Å². The molecule has 2 aromatic rings. The number of phenols is 1. The average Bonchev–Trinajstić information content (AvgIpc) is 3.06. The summed E-state index contributed by atoms with van der Waals surface area (Å²) in [6, 6.07) is 13.1. The summed E-state index contributed by atoms with van der Waals surface area (Å²) in [7, 11) is 1.42. The van der Waals surface area contributed by atoms with Crippen molar-refractivity contribution in [1.82, 2.24) is 4.90 Å². The lowest BCUT2D eigenvalue weighted by Crippen LogP contribution is -2.32. The van der Waals surface area contributed by atoms with Gasteiger partial charge in [0.05, 0.1) is 24.8 Å². The van der Waals surface area contributed by atoms with Crippen molar-refractivity contribution in [3.05, 3.63) is 77.1 Å². The van der Waals surface area contributed by atoms with Crippen molar-refractivity contribution in [2.45, 2.75) is 32.4 Å². The van der Waals surface area contributed by atoms with Crippen molar-refractivity contribution in [2.24, 2.45) is 0 Å². The third-order valence-electron chi connectivity index (χ3n) is 5.31. The van der Waals surface area contributed by atoms with Crippen LogP contribution in [-0.4, -0.2) is 53.2 Å². The first-order chi connectivity index (χ1) is 15.8. The quantitative estimate of drug-likeness (QED) is 0.415. The van der Waals surface area contributed by atoms with Gasteiger partial charge in [-0.25, -0.2) is 0 Å². The summed E-state index contributed by atoms with van der Waals surface area (Å²) >= 11 is 0. The summed E-state index contributed by atoms with van der Waals surface area (Å²) in [6.07, 6.45) is 3.58. The lowest BCUT2D eigenvalue weighted by Gasteiger charge is -2.27. The van der Waals surface area contributed by atoms with Crippen LogP contribution in [0.3, 0.4) is 0 Å². The zero-order valence-corrected chi connectivity index (χ0v) is 19.0. The first-order valence-electron chi connectivity index (χ1n) is 10.8. The lowest BCUT2D eigenvalue weighted by atomic mass is 9.95. The molecule has 1 amide bonds. The highest BCUT2D eigenvalue weighted by Gasteiger charge is 2.42. The van der Waals surface area contributed by atoms with E-state index in [9.17, 15) is 19.8 Å². The Kier molecular flexibility index (Phi) is 7.90. The minimum atomic E-state index is -0.820. The van der Waals surface area contributed by atoms with Crippen LogP contribution in [0.1, 0.15) is 37.4 Å². The van der Waals surface area contributed by atoms with Gasteiger partial charge in [0.1, 0.15) is 0 Å². The third-order valence-corrected chi connectivity index (χ3v) is 5.31. The number of methoxy groups -OCH3 is 1. The summed E-state index contributed by atoms with van der Waals surface area (Å²) in [5.74, 6) is -1.51. The zero-order valence-electron chi connectivity index (χ0n) is 19.0. The molecule has 0 bridgehead atoms. The second kappa shape index (κ2) is 10.8. The minimum absolute atomic E-state index is 0.00954. The molecule has 0 fully saturated rings. The average molecular weight is 452 g/mol. The number of carbonyl (C=O) groups excluding carboxylic acids is 2. The maximum atomic E-state index is 13.2. The van der Waals surface area contributed by atoms with Crippen LogP contribution in [0.5, 0.6) is 11.5 Å². The number of rotatable bonds is 10. The van der Waals surface area contributed by atoms with Crippen LogP contribution in [0.25, 0.3) is 6.08 Å². The van der Waals surface area contributed by atoms with E-state index in [2.05, 4.69) is 0 Å². The maximum Gasteiger partial charge on any atom is 0.290 e. The van der Waals surface area contributed by atoms with Crippen molar-refractivity contribution in [1.29, 1.82) is 0 Å². The fourth-order valence-electron chi connectivity index (χ4n) is 3.73. The standard InChI is InChI=1S/C26H29NO6/c1-17(2)33-15-7-14-27-24(19-11-13-20(28)22(16-19)32-3)23(25(30)26(27)31)21(29)12-10-18-8-5-4-6-9-18/h4-6,8-13,16-17,24,28,30H,7,14-15H2,1-3H3/b12-10+/t24-/m0/s1. The smallest absolute Gasteiger partial charge is 0.290 e. The van der Waals surface area contributed by atoms with E-state index in [1.165, 1.54) is 24.2 Å². The van der Waals surface area contributed by atoms with Crippen molar-refractivity contribution in [2.75, 3.05) is 20.3 Å². The second-order valence-electron chi connectivity index (χ2n) is 7.98. The highest BCUT2D eigenvalue weighted by molar-refractivity contribution is 6.14. The molecular weight excluding hydrogens is 422 g/mol. The fraction of sp³-hybridized carbons (Fsp3) is 0.308. The van der Waals surface area contributed by atoms with E-state index in [1.54, 1.807) is 18.2 Å². The van der Waals surface area contributed by atoms with Crippen LogP contribution < -0.4 is 4.74 Å². The summed E-state index contributed by atoms with van der Waals surface area (Å²) in [4.78, 5) is 27.6. The van der Waals surface area contributed by atoms with Crippen LogP contribution in [0, 0.1) is 0 Å². The Bertz CT molecular complexity index is 1060. The first kappa shape index (κ1) is 24.1. The zero-order chi connectivity index (χ0) is 24.0. The maximum absolute atomic E-state index is 13.2. The molecule has 0 saturated carbocycles. The lowest BCUT2D eigenvalue weighted by molar-refractivity contribution is -0.129. The van der Waals surface area contributed by atoms with E-state index in [0.717, 1.165) is 5.56 Å². The summed E-state index contributed by atoms with van der Waals surface area (Å²) < 4.78 is 10.8.